The van der Waals surface area contributed by atoms with Gasteiger partial charge in [-0.1, -0.05) is 0 Å². The Morgan fingerprint density at radius 1 is 1.00 bits per heavy atom. The highest BCUT2D eigenvalue weighted by Crippen LogP contribution is 2.22. The molecule has 2 N–H and O–H groups in total. The van der Waals surface area contributed by atoms with Crippen molar-refractivity contribution in [2.24, 2.45) is 0 Å². The minimum atomic E-state index is -3.52. The second kappa shape index (κ2) is 9.96. The summed E-state index contributed by atoms with van der Waals surface area (Å²) in [5.74, 6) is -0.0322. The summed E-state index contributed by atoms with van der Waals surface area (Å²) < 4.78 is 31.6. The third kappa shape index (κ3) is 5.53. The normalized spacial score (nSPS) is 14.3. The van der Waals surface area contributed by atoms with E-state index in [4.69, 9.17) is 4.74 Å². The third-order valence-electron chi connectivity index (χ3n) is 4.56. The summed E-state index contributed by atoms with van der Waals surface area (Å²) in [7, 11) is -1.94. The molecule has 2 aromatic carbocycles. The van der Waals surface area contributed by atoms with E-state index >= 15 is 0 Å². The number of hydrogen-bond donors (Lipinski definition) is 2. The second-order valence-electron chi connectivity index (χ2n) is 6.60. The van der Waals surface area contributed by atoms with Crippen LogP contribution in [0.1, 0.15) is 23.2 Å². The van der Waals surface area contributed by atoms with Crippen LogP contribution in [-0.2, 0) is 14.8 Å². The van der Waals surface area contributed by atoms with E-state index in [9.17, 15) is 18.0 Å². The number of sulfonamides is 1. The van der Waals surface area contributed by atoms with Crippen LogP contribution >= 0.6 is 11.8 Å². The van der Waals surface area contributed by atoms with Gasteiger partial charge in [0.25, 0.3) is 5.91 Å². The largest absolute Gasteiger partial charge is 0.497 e. The topological polar surface area (TPSA) is 105 Å². The first-order valence-corrected chi connectivity index (χ1v) is 11.8. The van der Waals surface area contributed by atoms with Crippen molar-refractivity contribution in [3.05, 3.63) is 54.1 Å². The number of ether oxygens (including phenoxy) is 1. The van der Waals surface area contributed by atoms with Crippen molar-refractivity contribution in [2.45, 2.75) is 22.6 Å². The molecule has 0 bridgehead atoms. The summed E-state index contributed by atoms with van der Waals surface area (Å²) in [5, 5.41) is 0. The first kappa shape index (κ1) is 22.1. The smallest absolute Gasteiger partial charge is 0.269 e. The van der Waals surface area contributed by atoms with Gasteiger partial charge in [-0.2, -0.15) is 4.31 Å². The minimum absolute atomic E-state index is 0.125. The lowest BCUT2D eigenvalue weighted by Gasteiger charge is -2.15. The average molecular weight is 450 g/mol. The number of carbonyl (C=O) groups is 2. The van der Waals surface area contributed by atoms with Gasteiger partial charge in [-0.05, 0) is 61.4 Å². The molecule has 0 spiro atoms. The van der Waals surface area contributed by atoms with Crippen molar-refractivity contribution in [3.63, 3.8) is 0 Å². The maximum atomic E-state index is 12.5. The number of amides is 2. The number of methoxy groups -OCH3 is 1. The van der Waals surface area contributed by atoms with Crippen LogP contribution in [0.5, 0.6) is 5.75 Å². The number of benzene rings is 2. The summed E-state index contributed by atoms with van der Waals surface area (Å²) in [6.07, 6.45) is 1.71. The van der Waals surface area contributed by atoms with Gasteiger partial charge in [0, 0.05) is 23.5 Å². The van der Waals surface area contributed by atoms with Gasteiger partial charge >= 0.3 is 0 Å². The lowest BCUT2D eigenvalue weighted by atomic mass is 10.2. The molecule has 0 unspecified atom stereocenters. The summed E-state index contributed by atoms with van der Waals surface area (Å²) in [4.78, 5) is 25.2. The van der Waals surface area contributed by atoms with E-state index in [1.54, 1.807) is 19.2 Å². The highest BCUT2D eigenvalue weighted by molar-refractivity contribution is 8.00. The molecule has 1 fully saturated rings. The van der Waals surface area contributed by atoms with Gasteiger partial charge in [-0.25, -0.2) is 8.42 Å². The van der Waals surface area contributed by atoms with Crippen LogP contribution in [0.15, 0.2) is 58.3 Å². The van der Waals surface area contributed by atoms with Crippen LogP contribution in [0.2, 0.25) is 0 Å². The zero-order valence-corrected chi connectivity index (χ0v) is 18.1. The quantitative estimate of drug-likeness (QED) is 0.495. The van der Waals surface area contributed by atoms with Crippen LogP contribution < -0.4 is 15.6 Å². The van der Waals surface area contributed by atoms with Gasteiger partial charge in [0.15, 0.2) is 0 Å². The summed E-state index contributed by atoms with van der Waals surface area (Å²) in [6.45, 7) is 1.04. The minimum Gasteiger partial charge on any atom is -0.497 e. The molecular weight excluding hydrogens is 426 g/mol. The molecule has 1 aliphatic heterocycles. The number of nitrogens with zero attached hydrogens (tertiary/aromatic N) is 1. The first-order valence-electron chi connectivity index (χ1n) is 9.36. The van der Waals surface area contributed by atoms with Crippen molar-refractivity contribution in [1.29, 1.82) is 0 Å². The Labute approximate surface area is 180 Å². The second-order valence-corrected chi connectivity index (χ2v) is 9.59. The van der Waals surface area contributed by atoms with Gasteiger partial charge in [-0.3, -0.25) is 20.4 Å². The fourth-order valence-corrected chi connectivity index (χ4v) is 5.13. The Morgan fingerprint density at radius 2 is 1.63 bits per heavy atom. The van der Waals surface area contributed by atoms with E-state index in [2.05, 4.69) is 10.9 Å². The first-order chi connectivity index (χ1) is 14.4. The fraction of sp³-hybridized carbons (Fsp3) is 0.300. The number of hydrogen-bond acceptors (Lipinski definition) is 6. The van der Waals surface area contributed by atoms with Crippen molar-refractivity contribution < 1.29 is 22.7 Å². The number of nitrogens with one attached hydrogen (secondary N) is 2. The Kier molecular flexibility index (Phi) is 7.35. The SMILES string of the molecule is COc1ccc(SCC(=O)NNC(=O)c2ccc(S(=O)(=O)N3CCCC3)cc2)cc1. The molecule has 0 radical (unpaired) electrons. The Morgan fingerprint density at radius 3 is 2.23 bits per heavy atom. The maximum absolute atomic E-state index is 12.5. The molecule has 0 saturated carbocycles. The van der Waals surface area contributed by atoms with Gasteiger partial charge in [0.1, 0.15) is 5.75 Å². The third-order valence-corrected chi connectivity index (χ3v) is 7.49. The van der Waals surface area contributed by atoms with Crippen LogP contribution in [0, 0.1) is 0 Å². The van der Waals surface area contributed by atoms with Gasteiger partial charge < -0.3 is 4.74 Å². The van der Waals surface area contributed by atoms with Gasteiger partial charge in [-0.15, -0.1) is 11.8 Å². The van der Waals surface area contributed by atoms with E-state index < -0.39 is 15.9 Å². The lowest BCUT2D eigenvalue weighted by Crippen LogP contribution is -2.42. The molecule has 3 rings (SSSR count). The number of hydrazine groups is 1. The Balaban J connectivity index is 1.48. The lowest BCUT2D eigenvalue weighted by molar-refractivity contribution is -0.119. The van der Waals surface area contributed by atoms with Crippen LogP contribution in [0.3, 0.4) is 0 Å². The molecule has 30 heavy (non-hydrogen) atoms. The van der Waals surface area contributed by atoms with Crippen LogP contribution in [-0.4, -0.2) is 50.5 Å². The molecule has 1 aliphatic rings. The predicted octanol–water partition coefficient (Wildman–Crippen LogP) is 2.03. The standard InChI is InChI=1S/C20H23N3O5S2/c1-28-16-6-8-17(9-7-16)29-14-19(24)21-22-20(25)15-4-10-18(11-5-15)30(26,27)23-12-2-3-13-23/h4-11H,2-3,12-14H2,1H3,(H,21,24)(H,22,25). The summed E-state index contributed by atoms with van der Waals surface area (Å²) in [6, 6.07) is 13.0. The molecule has 2 amide bonds. The summed E-state index contributed by atoms with van der Waals surface area (Å²) >= 11 is 1.32. The van der Waals surface area contributed by atoms with E-state index in [-0.39, 0.29) is 22.1 Å². The van der Waals surface area contributed by atoms with E-state index in [0.29, 0.717) is 13.1 Å². The molecule has 160 valence electrons. The number of rotatable bonds is 7. The maximum Gasteiger partial charge on any atom is 0.269 e. The molecule has 0 aromatic heterocycles. The van der Waals surface area contributed by atoms with E-state index in [1.165, 1.54) is 40.3 Å². The van der Waals surface area contributed by atoms with Crippen molar-refractivity contribution in [1.82, 2.24) is 15.2 Å². The molecule has 8 nitrogen and oxygen atoms in total. The predicted molar refractivity (Wildman–Crippen MR) is 114 cm³/mol. The van der Waals surface area contributed by atoms with E-state index in [0.717, 1.165) is 23.5 Å². The molecule has 1 saturated heterocycles. The van der Waals surface area contributed by atoms with E-state index in [1.807, 2.05) is 12.1 Å². The molecule has 1 heterocycles. The highest BCUT2D eigenvalue weighted by Gasteiger charge is 2.27. The zero-order chi connectivity index (χ0) is 21.6. The van der Waals surface area contributed by atoms with Crippen LogP contribution in [0.4, 0.5) is 0 Å². The number of carbonyl (C=O) groups excluding carboxylic acids is 2. The highest BCUT2D eigenvalue weighted by atomic mass is 32.2. The number of thioether (sulfide) groups is 1. The fourth-order valence-electron chi connectivity index (χ4n) is 2.91. The monoisotopic (exact) mass is 449 g/mol. The van der Waals surface area contributed by atoms with Crippen molar-refractivity contribution in [2.75, 3.05) is 26.0 Å². The van der Waals surface area contributed by atoms with Crippen LogP contribution in [0.25, 0.3) is 0 Å². The van der Waals surface area contributed by atoms with Gasteiger partial charge in [0.2, 0.25) is 15.9 Å². The van der Waals surface area contributed by atoms with Crippen molar-refractivity contribution >= 4 is 33.6 Å². The Hall–Kier alpha value is -2.56. The zero-order valence-electron chi connectivity index (χ0n) is 16.5. The summed E-state index contributed by atoms with van der Waals surface area (Å²) in [5.41, 5.74) is 4.94. The molecule has 2 aromatic rings. The average Bonchev–Trinajstić information content (AvgIpc) is 3.32. The molecular formula is C20H23N3O5S2. The molecule has 0 aliphatic carbocycles. The Bertz CT molecular complexity index is 986. The molecule has 10 heteroatoms. The van der Waals surface area contributed by atoms with Crippen molar-refractivity contribution in [3.8, 4) is 5.75 Å². The molecule has 0 atom stereocenters. The van der Waals surface area contributed by atoms with Gasteiger partial charge in [0.05, 0.1) is 17.8 Å².